The SMILES string of the molecule is Cc1cc(C)cc(C(=O)N[C@H](C(N)=O)[C@H]2CCCC(=O)C2)c1. The van der Waals surface area contributed by atoms with Gasteiger partial charge in [-0.3, -0.25) is 14.4 Å². The Labute approximate surface area is 130 Å². The molecule has 3 N–H and O–H groups in total. The Morgan fingerprint density at radius 2 is 1.86 bits per heavy atom. The zero-order valence-electron chi connectivity index (χ0n) is 13.0. The van der Waals surface area contributed by atoms with Crippen LogP contribution in [0.5, 0.6) is 0 Å². The van der Waals surface area contributed by atoms with Crippen molar-refractivity contribution in [2.24, 2.45) is 11.7 Å². The monoisotopic (exact) mass is 302 g/mol. The summed E-state index contributed by atoms with van der Waals surface area (Å²) in [5.41, 5.74) is 7.90. The molecule has 5 nitrogen and oxygen atoms in total. The summed E-state index contributed by atoms with van der Waals surface area (Å²) in [6.07, 6.45) is 2.33. The number of carbonyl (C=O) groups is 3. The van der Waals surface area contributed by atoms with Gasteiger partial charge in [0.1, 0.15) is 11.8 Å². The average Bonchev–Trinajstić information content (AvgIpc) is 2.43. The van der Waals surface area contributed by atoms with Crippen LogP contribution in [0.1, 0.15) is 47.2 Å². The molecule has 1 saturated carbocycles. The number of nitrogens with two attached hydrogens (primary N) is 1. The van der Waals surface area contributed by atoms with Crippen LogP contribution < -0.4 is 11.1 Å². The van der Waals surface area contributed by atoms with Gasteiger partial charge in [0.05, 0.1) is 0 Å². The van der Waals surface area contributed by atoms with E-state index in [0.717, 1.165) is 24.0 Å². The first-order chi connectivity index (χ1) is 10.4. The van der Waals surface area contributed by atoms with E-state index >= 15 is 0 Å². The molecule has 0 heterocycles. The number of carbonyl (C=O) groups excluding carboxylic acids is 3. The molecule has 0 spiro atoms. The summed E-state index contributed by atoms with van der Waals surface area (Å²) >= 11 is 0. The number of nitrogens with one attached hydrogen (secondary N) is 1. The van der Waals surface area contributed by atoms with Crippen molar-refractivity contribution < 1.29 is 14.4 Å². The van der Waals surface area contributed by atoms with Crippen LogP contribution >= 0.6 is 0 Å². The van der Waals surface area contributed by atoms with Gasteiger partial charge in [0, 0.05) is 18.4 Å². The highest BCUT2D eigenvalue weighted by Crippen LogP contribution is 2.24. The molecule has 2 rings (SSSR count). The van der Waals surface area contributed by atoms with Gasteiger partial charge in [0.25, 0.3) is 5.91 Å². The summed E-state index contributed by atoms with van der Waals surface area (Å²) < 4.78 is 0. The molecule has 1 aromatic rings. The zero-order valence-corrected chi connectivity index (χ0v) is 13.0. The first-order valence-corrected chi connectivity index (χ1v) is 7.57. The number of benzene rings is 1. The van der Waals surface area contributed by atoms with Crippen molar-refractivity contribution in [2.75, 3.05) is 0 Å². The van der Waals surface area contributed by atoms with E-state index in [0.29, 0.717) is 18.4 Å². The smallest absolute Gasteiger partial charge is 0.251 e. The molecular formula is C17H22N2O3. The Morgan fingerprint density at radius 1 is 1.23 bits per heavy atom. The second-order valence-corrected chi connectivity index (χ2v) is 6.12. The third kappa shape index (κ3) is 3.93. The van der Waals surface area contributed by atoms with Crippen molar-refractivity contribution in [2.45, 2.75) is 45.6 Å². The van der Waals surface area contributed by atoms with Crippen LogP contribution in [0.25, 0.3) is 0 Å². The van der Waals surface area contributed by atoms with Crippen LogP contribution in [-0.2, 0) is 9.59 Å². The van der Waals surface area contributed by atoms with Gasteiger partial charge >= 0.3 is 0 Å². The highest BCUT2D eigenvalue weighted by Gasteiger charge is 2.32. The van der Waals surface area contributed by atoms with E-state index in [1.165, 1.54) is 0 Å². The molecule has 22 heavy (non-hydrogen) atoms. The number of ketones is 1. The topological polar surface area (TPSA) is 89.3 Å². The fourth-order valence-electron chi connectivity index (χ4n) is 3.09. The van der Waals surface area contributed by atoms with Crippen molar-refractivity contribution in [1.29, 1.82) is 0 Å². The number of aryl methyl sites for hydroxylation is 2. The van der Waals surface area contributed by atoms with Gasteiger partial charge in [-0.2, -0.15) is 0 Å². The average molecular weight is 302 g/mol. The lowest BCUT2D eigenvalue weighted by molar-refractivity contribution is -0.124. The van der Waals surface area contributed by atoms with Crippen LogP contribution in [0.3, 0.4) is 0 Å². The quantitative estimate of drug-likeness (QED) is 0.886. The number of Topliss-reactive ketones (excluding diaryl/α,β-unsaturated/α-hetero) is 1. The van der Waals surface area contributed by atoms with Crippen LogP contribution in [-0.4, -0.2) is 23.6 Å². The van der Waals surface area contributed by atoms with Crippen LogP contribution in [0, 0.1) is 19.8 Å². The minimum absolute atomic E-state index is 0.128. The van der Waals surface area contributed by atoms with Gasteiger partial charge in [0.2, 0.25) is 5.91 Å². The lowest BCUT2D eigenvalue weighted by Crippen LogP contribution is -2.50. The van der Waals surface area contributed by atoms with Crippen LogP contribution in [0.2, 0.25) is 0 Å². The Hall–Kier alpha value is -2.17. The third-order valence-electron chi connectivity index (χ3n) is 4.07. The summed E-state index contributed by atoms with van der Waals surface area (Å²) in [7, 11) is 0. The molecule has 1 aromatic carbocycles. The molecule has 0 aromatic heterocycles. The number of hydrogen-bond acceptors (Lipinski definition) is 3. The fraction of sp³-hybridized carbons (Fsp3) is 0.471. The van der Waals surface area contributed by atoms with Gasteiger partial charge in [-0.25, -0.2) is 0 Å². The summed E-state index contributed by atoms with van der Waals surface area (Å²) in [6.45, 7) is 3.82. The van der Waals surface area contributed by atoms with E-state index in [1.54, 1.807) is 12.1 Å². The van der Waals surface area contributed by atoms with Gasteiger partial charge in [-0.15, -0.1) is 0 Å². The van der Waals surface area contributed by atoms with E-state index in [2.05, 4.69) is 5.32 Å². The van der Waals surface area contributed by atoms with Gasteiger partial charge < -0.3 is 11.1 Å². The number of rotatable bonds is 4. The predicted octanol–water partition coefficient (Wildman–Crippen LogP) is 1.65. The highest BCUT2D eigenvalue weighted by atomic mass is 16.2. The molecule has 0 bridgehead atoms. The molecule has 118 valence electrons. The standard InChI is InChI=1S/C17H22N2O3/c1-10-6-11(2)8-13(7-10)17(22)19-15(16(18)21)12-4-3-5-14(20)9-12/h6-8,12,15H,3-5,9H2,1-2H3,(H2,18,21)(H,19,22)/t12-,15-/m0/s1. The van der Waals surface area contributed by atoms with E-state index < -0.39 is 11.9 Å². The normalized spacial score (nSPS) is 19.5. The van der Waals surface area contributed by atoms with Crippen LogP contribution in [0.15, 0.2) is 18.2 Å². The second kappa shape index (κ2) is 6.73. The lowest BCUT2D eigenvalue weighted by Gasteiger charge is -2.28. The summed E-state index contributed by atoms with van der Waals surface area (Å²) in [4.78, 5) is 35.7. The van der Waals surface area contributed by atoms with Gasteiger partial charge in [-0.05, 0) is 44.7 Å². The Balaban J connectivity index is 2.15. The van der Waals surface area contributed by atoms with Crippen molar-refractivity contribution in [3.05, 3.63) is 34.9 Å². The summed E-state index contributed by atoms with van der Waals surface area (Å²) in [6, 6.07) is 4.72. The molecule has 1 aliphatic carbocycles. The Morgan fingerprint density at radius 3 is 2.41 bits per heavy atom. The molecule has 0 saturated heterocycles. The maximum Gasteiger partial charge on any atom is 0.251 e. The van der Waals surface area contributed by atoms with E-state index in [-0.39, 0.29) is 17.6 Å². The lowest BCUT2D eigenvalue weighted by atomic mass is 9.82. The number of primary amides is 1. The largest absolute Gasteiger partial charge is 0.368 e. The van der Waals surface area contributed by atoms with Gasteiger partial charge in [-0.1, -0.05) is 17.2 Å². The molecule has 0 unspecified atom stereocenters. The van der Waals surface area contributed by atoms with Crippen molar-refractivity contribution >= 4 is 17.6 Å². The van der Waals surface area contributed by atoms with E-state index in [9.17, 15) is 14.4 Å². The molecule has 1 aliphatic rings. The molecule has 0 aliphatic heterocycles. The molecule has 2 amide bonds. The summed E-state index contributed by atoms with van der Waals surface area (Å²) in [5.74, 6) is -0.984. The predicted molar refractivity (Wildman–Crippen MR) is 83.3 cm³/mol. The molecule has 0 radical (unpaired) electrons. The van der Waals surface area contributed by atoms with Gasteiger partial charge in [0.15, 0.2) is 0 Å². The molecule has 5 heteroatoms. The molecule has 2 atom stereocenters. The molecule has 1 fully saturated rings. The minimum atomic E-state index is -0.794. The van der Waals surface area contributed by atoms with E-state index in [4.69, 9.17) is 5.73 Å². The molecular weight excluding hydrogens is 280 g/mol. The van der Waals surface area contributed by atoms with Crippen LogP contribution in [0.4, 0.5) is 0 Å². The maximum atomic E-state index is 12.4. The highest BCUT2D eigenvalue weighted by molar-refractivity contribution is 5.98. The summed E-state index contributed by atoms with van der Waals surface area (Å²) in [5, 5.41) is 2.71. The van der Waals surface area contributed by atoms with E-state index in [1.807, 2.05) is 19.9 Å². The fourth-order valence-corrected chi connectivity index (χ4v) is 3.09. The second-order valence-electron chi connectivity index (χ2n) is 6.12. The van der Waals surface area contributed by atoms with Crippen molar-refractivity contribution in [1.82, 2.24) is 5.32 Å². The first kappa shape index (κ1) is 16.2. The maximum absolute atomic E-state index is 12.4. The Kier molecular flexibility index (Phi) is 4.96. The first-order valence-electron chi connectivity index (χ1n) is 7.57. The Bertz CT molecular complexity index is 590. The number of amides is 2. The number of hydrogen-bond donors (Lipinski definition) is 2. The third-order valence-corrected chi connectivity index (χ3v) is 4.07. The zero-order chi connectivity index (χ0) is 16.3. The van der Waals surface area contributed by atoms with Crippen molar-refractivity contribution in [3.8, 4) is 0 Å². The minimum Gasteiger partial charge on any atom is -0.368 e. The van der Waals surface area contributed by atoms with Crippen molar-refractivity contribution in [3.63, 3.8) is 0 Å².